The zero-order valence-corrected chi connectivity index (χ0v) is 7.97. The van der Waals surface area contributed by atoms with E-state index in [2.05, 4.69) is 18.8 Å². The number of hydrogen-bond acceptors (Lipinski definition) is 3. The molecule has 0 amide bonds. The van der Waals surface area contributed by atoms with Gasteiger partial charge in [-0.25, -0.2) is 4.99 Å². The molecule has 0 aromatic carbocycles. The second-order valence-electron chi connectivity index (χ2n) is 3.69. The first-order valence-corrected chi connectivity index (χ1v) is 4.64. The summed E-state index contributed by atoms with van der Waals surface area (Å²) in [7, 11) is 0. The Balaban J connectivity index is 2.30. The lowest BCUT2D eigenvalue weighted by Gasteiger charge is -2.16. The van der Waals surface area contributed by atoms with Gasteiger partial charge >= 0.3 is 0 Å². The zero-order chi connectivity index (χ0) is 9.03. The summed E-state index contributed by atoms with van der Waals surface area (Å²) >= 11 is 0. The Bertz CT molecular complexity index is 179. The largest absolute Gasteiger partial charge is 0.463 e. The van der Waals surface area contributed by atoms with Gasteiger partial charge in [-0.05, 0) is 13.3 Å². The van der Waals surface area contributed by atoms with Crippen LogP contribution in [0, 0.1) is 0 Å². The molecule has 0 aliphatic carbocycles. The first-order valence-electron chi connectivity index (χ1n) is 4.64. The highest BCUT2D eigenvalue weighted by molar-refractivity contribution is 5.73. The Labute approximate surface area is 74.0 Å². The van der Waals surface area contributed by atoms with E-state index in [0.29, 0.717) is 12.6 Å². The number of amidine groups is 1. The van der Waals surface area contributed by atoms with Crippen molar-refractivity contribution in [1.29, 1.82) is 0 Å². The lowest BCUT2D eigenvalue weighted by atomic mass is 9.97. The molecular formula is C9H18N2O. The number of unbranched alkanes of at least 4 members (excludes halogenated alkanes) is 2. The van der Waals surface area contributed by atoms with E-state index < -0.39 is 0 Å². The molecule has 0 aromatic heterocycles. The lowest BCUT2D eigenvalue weighted by molar-refractivity contribution is 0.251. The Kier molecular flexibility index (Phi) is 2.95. The van der Waals surface area contributed by atoms with Gasteiger partial charge in [-0.2, -0.15) is 0 Å². The molecule has 0 saturated heterocycles. The van der Waals surface area contributed by atoms with Gasteiger partial charge in [-0.1, -0.05) is 26.2 Å². The van der Waals surface area contributed by atoms with Crippen LogP contribution in [0.3, 0.4) is 0 Å². The lowest BCUT2D eigenvalue weighted by Crippen LogP contribution is -2.23. The third-order valence-corrected chi connectivity index (χ3v) is 2.23. The van der Waals surface area contributed by atoms with Crippen molar-refractivity contribution in [3.8, 4) is 0 Å². The quantitative estimate of drug-likeness (QED) is 0.652. The molecule has 1 rings (SSSR count). The molecule has 0 spiro atoms. The van der Waals surface area contributed by atoms with Gasteiger partial charge in [0.15, 0.2) is 0 Å². The molecule has 2 N–H and O–H groups in total. The van der Waals surface area contributed by atoms with Crippen molar-refractivity contribution in [1.82, 2.24) is 0 Å². The first-order chi connectivity index (χ1) is 5.66. The highest BCUT2D eigenvalue weighted by Gasteiger charge is 2.29. The highest BCUT2D eigenvalue weighted by Crippen LogP contribution is 2.23. The van der Waals surface area contributed by atoms with Gasteiger partial charge in [-0.15, -0.1) is 0 Å². The summed E-state index contributed by atoms with van der Waals surface area (Å²) in [6.45, 7) is 4.95. The van der Waals surface area contributed by atoms with Gasteiger partial charge < -0.3 is 10.5 Å². The molecule has 0 aromatic rings. The minimum Gasteiger partial charge on any atom is -0.463 e. The van der Waals surface area contributed by atoms with Crippen molar-refractivity contribution in [3.05, 3.63) is 0 Å². The maximum absolute atomic E-state index is 5.44. The Morgan fingerprint density at radius 2 is 2.33 bits per heavy atom. The average Bonchev–Trinajstić information content (AvgIpc) is 2.32. The standard InChI is InChI=1S/C9H18N2O/c1-3-4-5-6-9(2)7-12-8(10)11-9/h3-7H2,1-2H3,(H2,10,11). The molecule has 1 atom stereocenters. The summed E-state index contributed by atoms with van der Waals surface area (Å²) in [6, 6.07) is 0.356. The summed E-state index contributed by atoms with van der Waals surface area (Å²) in [5.74, 6) is 0. The van der Waals surface area contributed by atoms with Crippen LogP contribution in [0.4, 0.5) is 0 Å². The van der Waals surface area contributed by atoms with Crippen LogP contribution in [0.25, 0.3) is 0 Å². The van der Waals surface area contributed by atoms with E-state index in [1.807, 2.05) is 0 Å². The van der Waals surface area contributed by atoms with Gasteiger partial charge in [0.1, 0.15) is 6.61 Å². The predicted molar refractivity (Wildman–Crippen MR) is 50.1 cm³/mol. The second-order valence-corrected chi connectivity index (χ2v) is 3.69. The maximum atomic E-state index is 5.44. The molecular weight excluding hydrogens is 152 g/mol. The zero-order valence-electron chi connectivity index (χ0n) is 7.97. The minimum atomic E-state index is -0.0424. The number of aliphatic imine (C=N–C) groups is 1. The van der Waals surface area contributed by atoms with Crippen LogP contribution >= 0.6 is 0 Å². The molecule has 70 valence electrons. The molecule has 3 nitrogen and oxygen atoms in total. The fraction of sp³-hybridized carbons (Fsp3) is 0.889. The van der Waals surface area contributed by atoms with Gasteiger partial charge in [-0.3, -0.25) is 0 Å². The summed E-state index contributed by atoms with van der Waals surface area (Å²) < 4.78 is 5.13. The van der Waals surface area contributed by atoms with Crippen LogP contribution in [-0.4, -0.2) is 18.2 Å². The van der Waals surface area contributed by atoms with Crippen molar-refractivity contribution >= 4 is 6.02 Å². The van der Waals surface area contributed by atoms with E-state index in [4.69, 9.17) is 10.5 Å². The van der Waals surface area contributed by atoms with E-state index in [0.717, 1.165) is 6.42 Å². The van der Waals surface area contributed by atoms with Crippen LogP contribution in [0.5, 0.6) is 0 Å². The molecule has 1 unspecified atom stereocenters. The second kappa shape index (κ2) is 3.78. The summed E-state index contributed by atoms with van der Waals surface area (Å²) in [5, 5.41) is 0. The third-order valence-electron chi connectivity index (χ3n) is 2.23. The van der Waals surface area contributed by atoms with Gasteiger partial charge in [0.2, 0.25) is 0 Å². The van der Waals surface area contributed by atoms with Crippen molar-refractivity contribution in [2.24, 2.45) is 10.7 Å². The molecule has 0 fully saturated rings. The van der Waals surface area contributed by atoms with Crippen molar-refractivity contribution in [2.45, 2.75) is 45.1 Å². The smallest absolute Gasteiger partial charge is 0.282 e. The van der Waals surface area contributed by atoms with Gasteiger partial charge in [0.25, 0.3) is 6.02 Å². The number of nitrogens with two attached hydrogens (primary N) is 1. The normalized spacial score (nSPS) is 28.3. The van der Waals surface area contributed by atoms with Crippen LogP contribution in [0.1, 0.15) is 39.5 Å². The van der Waals surface area contributed by atoms with E-state index >= 15 is 0 Å². The molecule has 0 saturated carbocycles. The van der Waals surface area contributed by atoms with Crippen molar-refractivity contribution in [3.63, 3.8) is 0 Å². The number of nitrogens with zero attached hydrogens (tertiary/aromatic N) is 1. The number of ether oxygens (including phenoxy) is 1. The molecule has 1 aliphatic heterocycles. The monoisotopic (exact) mass is 170 g/mol. The third kappa shape index (κ3) is 2.40. The average molecular weight is 170 g/mol. The van der Waals surface area contributed by atoms with Crippen molar-refractivity contribution < 1.29 is 4.74 Å². The van der Waals surface area contributed by atoms with E-state index in [1.54, 1.807) is 0 Å². The number of hydrogen-bond donors (Lipinski definition) is 1. The Hall–Kier alpha value is -0.730. The fourth-order valence-electron chi connectivity index (χ4n) is 1.44. The van der Waals surface area contributed by atoms with Gasteiger partial charge in [0, 0.05) is 0 Å². The molecule has 0 bridgehead atoms. The van der Waals surface area contributed by atoms with Crippen LogP contribution in [0.15, 0.2) is 4.99 Å². The molecule has 1 heterocycles. The summed E-state index contributed by atoms with van der Waals surface area (Å²) in [6.07, 6.45) is 4.82. The SMILES string of the molecule is CCCCCC1(C)COC(N)=N1. The van der Waals surface area contributed by atoms with E-state index in [-0.39, 0.29) is 5.54 Å². The Morgan fingerprint density at radius 1 is 1.58 bits per heavy atom. The maximum Gasteiger partial charge on any atom is 0.282 e. The summed E-state index contributed by atoms with van der Waals surface area (Å²) in [5.41, 5.74) is 5.40. The molecule has 1 aliphatic rings. The Morgan fingerprint density at radius 3 is 2.83 bits per heavy atom. The van der Waals surface area contributed by atoms with E-state index in [1.165, 1.54) is 19.3 Å². The van der Waals surface area contributed by atoms with Crippen LogP contribution in [0.2, 0.25) is 0 Å². The van der Waals surface area contributed by atoms with E-state index in [9.17, 15) is 0 Å². The van der Waals surface area contributed by atoms with Crippen LogP contribution in [-0.2, 0) is 4.74 Å². The van der Waals surface area contributed by atoms with Crippen molar-refractivity contribution in [2.75, 3.05) is 6.61 Å². The van der Waals surface area contributed by atoms with Gasteiger partial charge in [0.05, 0.1) is 5.54 Å². The highest BCUT2D eigenvalue weighted by atomic mass is 16.5. The predicted octanol–water partition coefficient (Wildman–Crippen LogP) is 1.67. The summed E-state index contributed by atoms with van der Waals surface area (Å²) in [4.78, 5) is 4.26. The molecule has 3 heteroatoms. The fourth-order valence-corrected chi connectivity index (χ4v) is 1.44. The number of rotatable bonds is 4. The first kappa shape index (κ1) is 9.36. The molecule has 0 radical (unpaired) electrons. The van der Waals surface area contributed by atoms with Crippen LogP contribution < -0.4 is 5.73 Å². The molecule has 12 heavy (non-hydrogen) atoms. The minimum absolute atomic E-state index is 0.0424. The topological polar surface area (TPSA) is 47.6 Å².